The lowest BCUT2D eigenvalue weighted by atomic mass is 9.97. The second kappa shape index (κ2) is 9.16. The van der Waals surface area contributed by atoms with Crippen LogP contribution in [-0.4, -0.2) is 70.9 Å². The number of piperidine rings is 1. The summed E-state index contributed by atoms with van der Waals surface area (Å²) in [4.78, 5) is 2.88. The molecule has 0 N–H and O–H groups in total. The highest BCUT2D eigenvalue weighted by Crippen LogP contribution is 2.31. The Kier molecular flexibility index (Phi) is 6.58. The molecule has 2 saturated heterocycles. The van der Waals surface area contributed by atoms with Crippen LogP contribution in [0.5, 0.6) is 0 Å². The second-order valence-electron chi connectivity index (χ2n) is 7.79. The topological polar surface area (TPSA) is 71.3 Å². The molecule has 3 heterocycles. The Balaban J connectivity index is 1.33. The van der Waals surface area contributed by atoms with Crippen molar-refractivity contribution < 1.29 is 8.42 Å². The van der Waals surface area contributed by atoms with Crippen molar-refractivity contribution in [3.8, 4) is 0 Å². The molecule has 0 amide bonds. The van der Waals surface area contributed by atoms with Gasteiger partial charge in [0.05, 0.1) is 4.90 Å². The number of hydrogen-bond donors (Lipinski definition) is 0. The second-order valence-corrected chi connectivity index (χ2v) is 10.8. The fourth-order valence-electron chi connectivity index (χ4n) is 4.18. The zero-order valence-corrected chi connectivity index (χ0v) is 18.5. The molecule has 0 aliphatic carbocycles. The van der Waals surface area contributed by atoms with Gasteiger partial charge in [-0.25, -0.2) is 8.42 Å². The van der Waals surface area contributed by atoms with Gasteiger partial charge in [-0.1, -0.05) is 30.0 Å². The van der Waals surface area contributed by atoms with Gasteiger partial charge in [0.15, 0.2) is 5.16 Å². The third-order valence-electron chi connectivity index (χ3n) is 5.91. The maximum absolute atomic E-state index is 12.8. The molecule has 1 aromatic carbocycles. The lowest BCUT2D eigenvalue weighted by molar-refractivity contribution is 0.310. The molecule has 158 valence electrons. The molecular weight excluding hydrogens is 406 g/mol. The Morgan fingerprint density at radius 3 is 2.41 bits per heavy atom. The molecule has 0 radical (unpaired) electrons. The number of benzene rings is 1. The molecule has 2 fully saturated rings. The molecule has 0 bridgehead atoms. The number of nitrogens with zero attached hydrogens (tertiary/aromatic N) is 5. The molecule has 2 aliphatic rings. The standard InChI is InChI=1S/C20H29N5O2S2/c1-23-19(21-22-20(23)28-16-15-24-11-5-6-12-24)17-9-13-25(14-10-17)29(26,27)18-7-3-2-4-8-18/h2-4,7-8,17H,5-6,9-16H2,1H3. The summed E-state index contributed by atoms with van der Waals surface area (Å²) in [6, 6.07) is 8.69. The van der Waals surface area contributed by atoms with Gasteiger partial charge in [0.2, 0.25) is 10.0 Å². The first-order chi connectivity index (χ1) is 14.1. The van der Waals surface area contributed by atoms with E-state index >= 15 is 0 Å². The fourth-order valence-corrected chi connectivity index (χ4v) is 6.58. The van der Waals surface area contributed by atoms with Gasteiger partial charge >= 0.3 is 0 Å². The number of hydrogen-bond acceptors (Lipinski definition) is 6. The Morgan fingerprint density at radius 2 is 1.72 bits per heavy atom. The number of likely N-dealkylation sites (tertiary alicyclic amines) is 1. The van der Waals surface area contributed by atoms with Crippen LogP contribution in [0.3, 0.4) is 0 Å². The molecule has 2 aromatic rings. The highest BCUT2D eigenvalue weighted by atomic mass is 32.2. The number of rotatable bonds is 7. The third kappa shape index (κ3) is 4.68. The Morgan fingerprint density at radius 1 is 1.03 bits per heavy atom. The minimum atomic E-state index is -3.41. The average Bonchev–Trinajstić information content (AvgIpc) is 3.39. The van der Waals surface area contributed by atoms with E-state index in [0.717, 1.165) is 36.1 Å². The van der Waals surface area contributed by atoms with Crippen molar-refractivity contribution in [1.29, 1.82) is 0 Å². The Hall–Kier alpha value is -1.42. The first-order valence-corrected chi connectivity index (χ1v) is 12.8. The van der Waals surface area contributed by atoms with E-state index in [1.807, 2.05) is 13.1 Å². The van der Waals surface area contributed by atoms with Crippen LogP contribution in [-0.2, 0) is 17.1 Å². The van der Waals surface area contributed by atoms with Crippen LogP contribution < -0.4 is 0 Å². The van der Waals surface area contributed by atoms with Gasteiger partial charge in [-0.15, -0.1) is 10.2 Å². The molecule has 0 saturated carbocycles. The van der Waals surface area contributed by atoms with Crippen molar-refractivity contribution in [2.24, 2.45) is 7.05 Å². The molecule has 9 heteroatoms. The highest BCUT2D eigenvalue weighted by molar-refractivity contribution is 7.99. The smallest absolute Gasteiger partial charge is 0.243 e. The fraction of sp³-hybridized carbons (Fsp3) is 0.600. The summed E-state index contributed by atoms with van der Waals surface area (Å²) in [6.45, 7) is 4.57. The van der Waals surface area contributed by atoms with Gasteiger partial charge in [0.1, 0.15) is 5.82 Å². The van der Waals surface area contributed by atoms with Crippen LogP contribution in [0.2, 0.25) is 0 Å². The summed E-state index contributed by atoms with van der Waals surface area (Å²) >= 11 is 1.76. The highest BCUT2D eigenvalue weighted by Gasteiger charge is 2.31. The quantitative estimate of drug-likeness (QED) is 0.623. The van der Waals surface area contributed by atoms with Crippen LogP contribution in [0, 0.1) is 0 Å². The minimum absolute atomic E-state index is 0.252. The molecule has 0 atom stereocenters. The molecule has 2 aliphatic heterocycles. The van der Waals surface area contributed by atoms with Crippen molar-refractivity contribution in [3.63, 3.8) is 0 Å². The first-order valence-electron chi connectivity index (χ1n) is 10.4. The van der Waals surface area contributed by atoms with Gasteiger partial charge in [-0.3, -0.25) is 0 Å². The van der Waals surface area contributed by atoms with E-state index in [-0.39, 0.29) is 5.92 Å². The van der Waals surface area contributed by atoms with Crippen molar-refractivity contribution >= 4 is 21.8 Å². The third-order valence-corrected chi connectivity index (χ3v) is 8.82. The number of aromatic nitrogens is 3. The molecule has 0 spiro atoms. The summed E-state index contributed by atoms with van der Waals surface area (Å²) in [6.07, 6.45) is 4.18. The molecular formula is C20H29N5O2S2. The van der Waals surface area contributed by atoms with Crippen molar-refractivity contribution in [3.05, 3.63) is 36.2 Å². The van der Waals surface area contributed by atoms with Crippen molar-refractivity contribution in [2.75, 3.05) is 38.5 Å². The summed E-state index contributed by atoms with van der Waals surface area (Å²) in [5.74, 6) is 2.26. The van der Waals surface area contributed by atoms with Gasteiger partial charge in [-0.05, 0) is 50.9 Å². The van der Waals surface area contributed by atoms with E-state index in [1.165, 1.54) is 25.9 Å². The SMILES string of the molecule is Cn1c(SCCN2CCCC2)nnc1C1CCN(S(=O)(=O)c2ccccc2)CC1. The molecule has 4 rings (SSSR count). The zero-order valence-electron chi connectivity index (χ0n) is 16.9. The summed E-state index contributed by atoms with van der Waals surface area (Å²) in [7, 11) is -1.38. The van der Waals surface area contributed by atoms with Crippen LogP contribution in [0.1, 0.15) is 37.4 Å². The van der Waals surface area contributed by atoms with Gasteiger partial charge in [-0.2, -0.15) is 4.31 Å². The summed E-state index contributed by atoms with van der Waals surface area (Å²) in [5.41, 5.74) is 0. The van der Waals surface area contributed by atoms with Crippen LogP contribution in [0.25, 0.3) is 0 Å². The first kappa shape index (κ1) is 20.8. The molecule has 29 heavy (non-hydrogen) atoms. The lowest BCUT2D eigenvalue weighted by Gasteiger charge is -2.30. The van der Waals surface area contributed by atoms with E-state index in [0.29, 0.717) is 18.0 Å². The van der Waals surface area contributed by atoms with Gasteiger partial charge < -0.3 is 9.47 Å². The van der Waals surface area contributed by atoms with E-state index in [2.05, 4.69) is 19.7 Å². The molecule has 7 nitrogen and oxygen atoms in total. The largest absolute Gasteiger partial charge is 0.309 e. The average molecular weight is 436 g/mol. The van der Waals surface area contributed by atoms with Crippen LogP contribution >= 0.6 is 11.8 Å². The lowest BCUT2D eigenvalue weighted by Crippen LogP contribution is -2.38. The number of thioether (sulfide) groups is 1. The molecule has 0 unspecified atom stereocenters. The van der Waals surface area contributed by atoms with Gasteiger partial charge in [0, 0.05) is 38.4 Å². The zero-order chi connectivity index (χ0) is 20.3. The van der Waals surface area contributed by atoms with E-state index in [1.54, 1.807) is 40.3 Å². The minimum Gasteiger partial charge on any atom is -0.309 e. The maximum atomic E-state index is 12.8. The summed E-state index contributed by atoms with van der Waals surface area (Å²) < 4.78 is 29.3. The Bertz CT molecular complexity index is 902. The summed E-state index contributed by atoms with van der Waals surface area (Å²) in [5, 5.41) is 9.80. The van der Waals surface area contributed by atoms with Crippen molar-refractivity contribution in [1.82, 2.24) is 24.0 Å². The monoisotopic (exact) mass is 435 g/mol. The van der Waals surface area contributed by atoms with E-state index in [9.17, 15) is 8.42 Å². The van der Waals surface area contributed by atoms with Crippen LogP contribution in [0.4, 0.5) is 0 Å². The van der Waals surface area contributed by atoms with E-state index in [4.69, 9.17) is 0 Å². The normalized spacial score (nSPS) is 19.8. The number of sulfonamides is 1. The van der Waals surface area contributed by atoms with Crippen molar-refractivity contribution in [2.45, 2.75) is 41.7 Å². The predicted octanol–water partition coefficient (Wildman–Crippen LogP) is 2.57. The van der Waals surface area contributed by atoms with Gasteiger partial charge in [0.25, 0.3) is 0 Å². The van der Waals surface area contributed by atoms with Crippen LogP contribution in [0.15, 0.2) is 40.4 Å². The molecule has 1 aromatic heterocycles. The predicted molar refractivity (Wildman–Crippen MR) is 115 cm³/mol. The van der Waals surface area contributed by atoms with E-state index < -0.39 is 10.0 Å². The maximum Gasteiger partial charge on any atom is 0.243 e. The Labute approximate surface area is 177 Å².